The second-order valence-corrected chi connectivity index (χ2v) is 3.57. The number of nitrogens with one attached hydrogen (secondary N) is 1. The minimum absolute atomic E-state index is 0.212. The van der Waals surface area contributed by atoms with Gasteiger partial charge in [0.25, 0.3) is 0 Å². The van der Waals surface area contributed by atoms with Gasteiger partial charge in [-0.3, -0.25) is 9.59 Å². The number of ketones is 1. The molecule has 1 atom stereocenters. The van der Waals surface area contributed by atoms with Crippen LogP contribution in [0.5, 0.6) is 0 Å². The summed E-state index contributed by atoms with van der Waals surface area (Å²) in [5, 5.41) is 2.28. The molecule has 0 fully saturated rings. The van der Waals surface area contributed by atoms with E-state index >= 15 is 0 Å². The van der Waals surface area contributed by atoms with Crippen molar-refractivity contribution in [2.24, 2.45) is 0 Å². The highest BCUT2D eigenvalue weighted by molar-refractivity contribution is 6.05. The first-order valence-corrected chi connectivity index (χ1v) is 5.39. The molecule has 0 radical (unpaired) electrons. The molecular formula is C11H19NO5. The van der Waals surface area contributed by atoms with Crippen molar-refractivity contribution in [3.05, 3.63) is 0 Å². The fraction of sp³-hybridized carbons (Fsp3) is 0.727. The molecule has 1 N–H and O–H groups in total. The van der Waals surface area contributed by atoms with Crippen molar-refractivity contribution in [3.8, 4) is 0 Å². The van der Waals surface area contributed by atoms with Crippen molar-refractivity contribution in [2.75, 3.05) is 20.8 Å². The highest BCUT2D eigenvalue weighted by Crippen LogP contribution is 2.02. The van der Waals surface area contributed by atoms with E-state index < -0.39 is 17.9 Å². The largest absolute Gasteiger partial charge is 0.467 e. The van der Waals surface area contributed by atoms with Crippen LogP contribution in [-0.2, 0) is 23.9 Å². The quantitative estimate of drug-likeness (QED) is 0.371. The molecule has 0 aromatic heterocycles. The fourth-order valence-electron chi connectivity index (χ4n) is 1.28. The van der Waals surface area contributed by atoms with Crippen LogP contribution in [0.15, 0.2) is 0 Å². The summed E-state index contributed by atoms with van der Waals surface area (Å²) in [6.07, 6.45) is 1.55. The summed E-state index contributed by atoms with van der Waals surface area (Å²) in [5.74, 6) is -1.52. The summed E-state index contributed by atoms with van der Waals surface area (Å²) in [6.45, 7) is 1.81. The first-order chi connectivity index (χ1) is 8.02. The zero-order valence-corrected chi connectivity index (χ0v) is 10.4. The van der Waals surface area contributed by atoms with E-state index in [0.717, 1.165) is 6.42 Å². The van der Waals surface area contributed by atoms with E-state index in [4.69, 9.17) is 4.74 Å². The predicted octanol–water partition coefficient (Wildman–Crippen LogP) is 0.0499. The molecule has 0 saturated heterocycles. The lowest BCUT2D eigenvalue weighted by Gasteiger charge is -2.13. The van der Waals surface area contributed by atoms with Crippen molar-refractivity contribution in [1.29, 1.82) is 0 Å². The zero-order valence-electron chi connectivity index (χ0n) is 10.4. The number of methoxy groups -OCH3 is 2. The van der Waals surface area contributed by atoms with E-state index in [1.165, 1.54) is 14.0 Å². The van der Waals surface area contributed by atoms with E-state index in [2.05, 4.69) is 10.1 Å². The van der Waals surface area contributed by atoms with Crippen molar-refractivity contribution in [1.82, 2.24) is 5.32 Å². The molecule has 0 aliphatic carbocycles. The third kappa shape index (κ3) is 6.68. The topological polar surface area (TPSA) is 81.7 Å². The Labute approximate surface area is 101 Å². The molecule has 1 amide bonds. The first kappa shape index (κ1) is 15.6. The van der Waals surface area contributed by atoms with Crippen LogP contribution in [0.3, 0.4) is 0 Å². The van der Waals surface area contributed by atoms with Gasteiger partial charge >= 0.3 is 5.97 Å². The number of hydrogen-bond acceptors (Lipinski definition) is 5. The van der Waals surface area contributed by atoms with Gasteiger partial charge in [0.05, 0.1) is 7.11 Å². The van der Waals surface area contributed by atoms with Crippen LogP contribution in [0.25, 0.3) is 0 Å². The molecule has 6 heteroatoms. The van der Waals surface area contributed by atoms with Crippen LogP contribution < -0.4 is 5.32 Å². The predicted molar refractivity (Wildman–Crippen MR) is 60.4 cm³/mol. The Hall–Kier alpha value is -1.43. The molecule has 0 spiro atoms. The molecule has 0 heterocycles. The maximum atomic E-state index is 11.7. The molecule has 0 saturated carbocycles. The van der Waals surface area contributed by atoms with Crippen molar-refractivity contribution >= 4 is 17.7 Å². The minimum atomic E-state index is -1.19. The van der Waals surface area contributed by atoms with Gasteiger partial charge in [0.2, 0.25) is 5.91 Å². The average Bonchev–Trinajstić information content (AvgIpc) is 2.30. The van der Waals surface area contributed by atoms with Gasteiger partial charge in [-0.05, 0) is 12.8 Å². The van der Waals surface area contributed by atoms with Gasteiger partial charge in [-0.25, -0.2) is 4.79 Å². The Balaban J connectivity index is 4.23. The van der Waals surface area contributed by atoms with Crippen LogP contribution in [0.1, 0.15) is 26.2 Å². The average molecular weight is 245 g/mol. The van der Waals surface area contributed by atoms with E-state index in [1.54, 1.807) is 7.11 Å². The molecule has 0 rings (SSSR count). The highest BCUT2D eigenvalue weighted by atomic mass is 16.5. The van der Waals surface area contributed by atoms with Crippen LogP contribution in [0, 0.1) is 0 Å². The summed E-state index contributed by atoms with van der Waals surface area (Å²) < 4.78 is 9.31. The Morgan fingerprint density at radius 2 is 1.82 bits per heavy atom. The maximum Gasteiger partial charge on any atom is 0.336 e. The summed E-state index contributed by atoms with van der Waals surface area (Å²) >= 11 is 0. The van der Waals surface area contributed by atoms with Crippen LogP contribution in [-0.4, -0.2) is 44.5 Å². The minimum Gasteiger partial charge on any atom is -0.467 e. The number of ether oxygens (including phenoxy) is 2. The fourth-order valence-corrected chi connectivity index (χ4v) is 1.28. The smallest absolute Gasteiger partial charge is 0.336 e. The van der Waals surface area contributed by atoms with Gasteiger partial charge in [-0.15, -0.1) is 0 Å². The second kappa shape index (κ2) is 8.69. The SMILES string of the molecule is COCCCCC(=O)C(NC(C)=O)C(=O)OC. The standard InChI is InChI=1S/C11H19NO5/c1-8(13)12-10(11(15)17-3)9(14)6-4-5-7-16-2/h10H,4-7H2,1-3H3,(H,12,13). The normalized spacial score (nSPS) is 11.7. The van der Waals surface area contributed by atoms with Crippen molar-refractivity contribution in [3.63, 3.8) is 0 Å². The second-order valence-electron chi connectivity index (χ2n) is 3.57. The molecule has 0 aliphatic heterocycles. The summed E-state index contributed by atoms with van der Waals surface area (Å²) in [5.41, 5.74) is 0. The van der Waals surface area contributed by atoms with Gasteiger partial charge < -0.3 is 14.8 Å². The Morgan fingerprint density at radius 1 is 1.18 bits per heavy atom. The lowest BCUT2D eigenvalue weighted by Crippen LogP contribution is -2.46. The molecule has 0 bridgehead atoms. The van der Waals surface area contributed by atoms with E-state index in [9.17, 15) is 14.4 Å². The maximum absolute atomic E-state index is 11.7. The zero-order chi connectivity index (χ0) is 13.3. The highest BCUT2D eigenvalue weighted by Gasteiger charge is 2.27. The lowest BCUT2D eigenvalue weighted by molar-refractivity contribution is -0.148. The summed E-state index contributed by atoms with van der Waals surface area (Å²) in [7, 11) is 2.76. The van der Waals surface area contributed by atoms with Crippen molar-refractivity contribution < 1.29 is 23.9 Å². The van der Waals surface area contributed by atoms with Gasteiger partial charge in [-0.1, -0.05) is 0 Å². The molecule has 0 aromatic rings. The first-order valence-electron chi connectivity index (χ1n) is 5.39. The Morgan fingerprint density at radius 3 is 2.29 bits per heavy atom. The monoisotopic (exact) mass is 245 g/mol. The molecular weight excluding hydrogens is 226 g/mol. The van der Waals surface area contributed by atoms with Gasteiger partial charge in [0.15, 0.2) is 11.8 Å². The third-order valence-corrected chi connectivity index (χ3v) is 2.13. The Kier molecular flexibility index (Phi) is 7.96. The van der Waals surface area contributed by atoms with E-state index in [-0.39, 0.29) is 12.2 Å². The van der Waals surface area contributed by atoms with Crippen LogP contribution in [0.2, 0.25) is 0 Å². The van der Waals surface area contributed by atoms with Crippen LogP contribution >= 0.6 is 0 Å². The molecule has 17 heavy (non-hydrogen) atoms. The summed E-state index contributed by atoms with van der Waals surface area (Å²) in [4.78, 5) is 33.8. The third-order valence-electron chi connectivity index (χ3n) is 2.13. The lowest BCUT2D eigenvalue weighted by atomic mass is 10.1. The van der Waals surface area contributed by atoms with Gasteiger partial charge in [0, 0.05) is 27.1 Å². The molecule has 98 valence electrons. The number of unbranched alkanes of at least 4 members (excludes halogenated alkanes) is 1. The number of hydrogen-bond donors (Lipinski definition) is 1. The number of rotatable bonds is 8. The molecule has 0 aromatic carbocycles. The van der Waals surface area contributed by atoms with Crippen molar-refractivity contribution in [2.45, 2.75) is 32.2 Å². The molecule has 6 nitrogen and oxygen atoms in total. The van der Waals surface area contributed by atoms with Crippen LogP contribution in [0.4, 0.5) is 0 Å². The number of carbonyl (C=O) groups excluding carboxylic acids is 3. The number of carbonyl (C=O) groups is 3. The van der Waals surface area contributed by atoms with E-state index in [1.807, 2.05) is 0 Å². The number of esters is 1. The molecule has 1 unspecified atom stereocenters. The summed E-state index contributed by atoms with van der Waals surface area (Å²) in [6, 6.07) is -1.19. The number of amides is 1. The number of Topliss-reactive ketones (excluding diaryl/α,β-unsaturated/α-hetero) is 1. The van der Waals surface area contributed by atoms with Gasteiger partial charge in [0.1, 0.15) is 0 Å². The molecule has 0 aliphatic rings. The van der Waals surface area contributed by atoms with Gasteiger partial charge in [-0.2, -0.15) is 0 Å². The Bertz CT molecular complexity index is 277. The van der Waals surface area contributed by atoms with E-state index in [0.29, 0.717) is 13.0 Å².